The Kier molecular flexibility index (Phi) is 2.05. The highest BCUT2D eigenvalue weighted by Gasteiger charge is 2.44. The van der Waals surface area contributed by atoms with Crippen molar-refractivity contribution in [1.82, 2.24) is 0 Å². The van der Waals surface area contributed by atoms with Gasteiger partial charge in [-0.2, -0.15) is 0 Å². The Bertz CT molecular complexity index is 533. The summed E-state index contributed by atoms with van der Waals surface area (Å²) in [5.74, 6) is 0. The van der Waals surface area contributed by atoms with Gasteiger partial charge in [0, 0.05) is 5.41 Å². The number of aliphatic hydroxyl groups excluding tert-OH is 1. The Morgan fingerprint density at radius 1 is 1.12 bits per heavy atom. The van der Waals surface area contributed by atoms with Crippen molar-refractivity contribution in [3.8, 4) is 0 Å². The number of benzene rings is 2. The van der Waals surface area contributed by atoms with Gasteiger partial charge in [-0.25, -0.2) is 0 Å². The largest absolute Gasteiger partial charge is 0.395 e. The zero-order chi connectivity index (χ0) is 11.2. The monoisotopic (exact) mass is 212 g/mol. The van der Waals surface area contributed by atoms with Crippen molar-refractivity contribution in [2.24, 2.45) is 0 Å². The Morgan fingerprint density at radius 3 is 2.44 bits per heavy atom. The molecule has 1 aliphatic carbocycles. The summed E-state index contributed by atoms with van der Waals surface area (Å²) in [5.41, 5.74) is 2.71. The van der Waals surface area contributed by atoms with Gasteiger partial charge in [0.1, 0.15) is 0 Å². The van der Waals surface area contributed by atoms with E-state index in [9.17, 15) is 5.11 Å². The topological polar surface area (TPSA) is 20.2 Å². The van der Waals surface area contributed by atoms with E-state index in [1.807, 2.05) is 0 Å². The van der Waals surface area contributed by atoms with Gasteiger partial charge in [0.25, 0.3) is 0 Å². The Morgan fingerprint density at radius 2 is 1.81 bits per heavy atom. The predicted octanol–water partition coefficient (Wildman–Crippen LogP) is 3.17. The first-order valence-electron chi connectivity index (χ1n) is 5.86. The maximum atomic E-state index is 9.56. The molecule has 16 heavy (non-hydrogen) atoms. The number of aryl methyl sites for hydroxylation is 1. The van der Waals surface area contributed by atoms with Crippen LogP contribution in [-0.2, 0) is 5.41 Å². The minimum atomic E-state index is 0.0611. The van der Waals surface area contributed by atoms with E-state index in [-0.39, 0.29) is 12.0 Å². The number of hydrogen-bond donors (Lipinski definition) is 1. The molecule has 3 rings (SSSR count). The molecule has 0 aromatic heterocycles. The Balaban J connectivity index is 2.33. The Labute approximate surface area is 95.7 Å². The van der Waals surface area contributed by atoms with Crippen molar-refractivity contribution in [3.05, 3.63) is 47.5 Å². The first-order chi connectivity index (χ1) is 7.77. The Hall–Kier alpha value is -1.34. The normalized spacial score (nSPS) is 17.6. The lowest BCUT2D eigenvalue weighted by molar-refractivity contribution is 0.256. The third-order valence-corrected chi connectivity index (χ3v) is 3.84. The molecule has 1 N–H and O–H groups in total. The van der Waals surface area contributed by atoms with E-state index in [2.05, 4.69) is 43.3 Å². The molecular weight excluding hydrogens is 196 g/mol. The molecule has 1 heteroatoms. The van der Waals surface area contributed by atoms with Gasteiger partial charge in [0.05, 0.1) is 6.61 Å². The summed E-state index contributed by atoms with van der Waals surface area (Å²) in [6.45, 7) is 2.43. The van der Waals surface area contributed by atoms with Crippen molar-refractivity contribution in [2.75, 3.05) is 6.61 Å². The van der Waals surface area contributed by atoms with Gasteiger partial charge < -0.3 is 5.11 Å². The fraction of sp³-hybridized carbons (Fsp3) is 0.333. The average molecular weight is 212 g/mol. The fourth-order valence-electron chi connectivity index (χ4n) is 2.63. The molecule has 0 radical (unpaired) electrons. The number of hydrogen-bond acceptors (Lipinski definition) is 1. The lowest BCUT2D eigenvalue weighted by Gasteiger charge is -2.16. The predicted molar refractivity (Wildman–Crippen MR) is 66.7 cm³/mol. The van der Waals surface area contributed by atoms with Crippen LogP contribution in [0, 0.1) is 6.92 Å². The molecule has 0 spiro atoms. The molecule has 2 aromatic rings. The zero-order valence-electron chi connectivity index (χ0n) is 9.53. The van der Waals surface area contributed by atoms with Crippen LogP contribution in [0.4, 0.5) is 0 Å². The molecule has 1 nitrogen and oxygen atoms in total. The van der Waals surface area contributed by atoms with Crippen LogP contribution in [0.2, 0.25) is 0 Å². The van der Waals surface area contributed by atoms with Gasteiger partial charge in [0.15, 0.2) is 0 Å². The molecular formula is C15H16O. The van der Waals surface area contributed by atoms with E-state index in [0.717, 1.165) is 12.8 Å². The maximum absolute atomic E-state index is 9.56. The van der Waals surface area contributed by atoms with Crippen LogP contribution in [0.25, 0.3) is 10.8 Å². The summed E-state index contributed by atoms with van der Waals surface area (Å²) in [6.07, 6.45) is 2.24. The van der Waals surface area contributed by atoms with Crippen LogP contribution in [0.3, 0.4) is 0 Å². The van der Waals surface area contributed by atoms with Crippen LogP contribution in [-0.4, -0.2) is 11.7 Å². The van der Waals surface area contributed by atoms with Gasteiger partial charge in [-0.15, -0.1) is 0 Å². The molecule has 0 amide bonds. The lowest BCUT2D eigenvalue weighted by Crippen LogP contribution is -2.12. The summed E-state index contributed by atoms with van der Waals surface area (Å²) in [7, 11) is 0. The maximum Gasteiger partial charge on any atom is 0.0528 e. The molecule has 2 aromatic carbocycles. The highest BCUT2D eigenvalue weighted by atomic mass is 16.3. The van der Waals surface area contributed by atoms with Gasteiger partial charge in [-0.1, -0.05) is 36.4 Å². The molecule has 0 saturated heterocycles. The first kappa shape index (κ1) is 9.86. The highest BCUT2D eigenvalue weighted by molar-refractivity contribution is 5.90. The molecule has 0 bridgehead atoms. The third-order valence-electron chi connectivity index (χ3n) is 3.84. The number of fused-ring (bicyclic) bond motifs is 1. The van der Waals surface area contributed by atoms with E-state index < -0.39 is 0 Å². The molecule has 1 aliphatic rings. The number of aliphatic hydroxyl groups is 1. The third kappa shape index (κ3) is 1.28. The smallest absolute Gasteiger partial charge is 0.0528 e. The number of rotatable bonds is 2. The van der Waals surface area contributed by atoms with E-state index >= 15 is 0 Å². The first-order valence-corrected chi connectivity index (χ1v) is 5.86. The second-order valence-corrected chi connectivity index (χ2v) is 4.92. The SMILES string of the molecule is Cc1cccc2cccc(C3(CO)CC3)c12. The van der Waals surface area contributed by atoms with E-state index in [1.54, 1.807) is 0 Å². The minimum absolute atomic E-state index is 0.0611. The molecule has 0 heterocycles. The van der Waals surface area contributed by atoms with Crippen LogP contribution >= 0.6 is 0 Å². The molecule has 0 atom stereocenters. The standard InChI is InChI=1S/C15H16O/c1-11-4-2-5-12-6-3-7-13(14(11)12)15(10-16)8-9-15/h2-7,16H,8-10H2,1H3. The summed E-state index contributed by atoms with van der Waals surface area (Å²) < 4.78 is 0. The van der Waals surface area contributed by atoms with Gasteiger partial charge >= 0.3 is 0 Å². The summed E-state index contributed by atoms with van der Waals surface area (Å²) >= 11 is 0. The van der Waals surface area contributed by atoms with E-state index in [4.69, 9.17) is 0 Å². The van der Waals surface area contributed by atoms with Crippen molar-refractivity contribution >= 4 is 10.8 Å². The van der Waals surface area contributed by atoms with E-state index in [1.165, 1.54) is 21.9 Å². The van der Waals surface area contributed by atoms with Crippen LogP contribution in [0.5, 0.6) is 0 Å². The average Bonchev–Trinajstić information content (AvgIpc) is 3.10. The summed E-state index contributed by atoms with van der Waals surface area (Å²) in [6, 6.07) is 12.8. The fourth-order valence-corrected chi connectivity index (χ4v) is 2.63. The van der Waals surface area contributed by atoms with Gasteiger partial charge in [-0.05, 0) is 41.7 Å². The summed E-state index contributed by atoms with van der Waals surface area (Å²) in [5, 5.41) is 12.2. The van der Waals surface area contributed by atoms with Crippen LogP contribution in [0.1, 0.15) is 24.0 Å². The van der Waals surface area contributed by atoms with Crippen molar-refractivity contribution in [2.45, 2.75) is 25.2 Å². The second-order valence-electron chi connectivity index (χ2n) is 4.92. The molecule has 0 aliphatic heterocycles. The van der Waals surface area contributed by atoms with Gasteiger partial charge in [0.2, 0.25) is 0 Å². The van der Waals surface area contributed by atoms with E-state index in [0.29, 0.717) is 0 Å². The summed E-state index contributed by atoms with van der Waals surface area (Å²) in [4.78, 5) is 0. The van der Waals surface area contributed by atoms with Crippen LogP contribution < -0.4 is 0 Å². The minimum Gasteiger partial charge on any atom is -0.395 e. The molecule has 82 valence electrons. The van der Waals surface area contributed by atoms with Crippen LogP contribution in [0.15, 0.2) is 36.4 Å². The van der Waals surface area contributed by atoms with Crippen molar-refractivity contribution in [1.29, 1.82) is 0 Å². The van der Waals surface area contributed by atoms with Crippen molar-refractivity contribution < 1.29 is 5.11 Å². The van der Waals surface area contributed by atoms with Crippen molar-refractivity contribution in [3.63, 3.8) is 0 Å². The molecule has 1 saturated carbocycles. The molecule has 0 unspecified atom stereocenters. The lowest BCUT2D eigenvalue weighted by atomic mass is 9.89. The van der Waals surface area contributed by atoms with Gasteiger partial charge in [-0.3, -0.25) is 0 Å². The zero-order valence-corrected chi connectivity index (χ0v) is 9.53. The quantitative estimate of drug-likeness (QED) is 0.810. The molecule has 1 fully saturated rings. The highest BCUT2D eigenvalue weighted by Crippen LogP contribution is 2.50. The second kappa shape index (κ2) is 3.33.